The Kier molecular flexibility index (Phi) is 12.2. The smallest absolute Gasteiger partial charge is 0.107 e. The van der Waals surface area contributed by atoms with E-state index in [1.165, 1.54) is 32.1 Å². The maximum Gasteiger partial charge on any atom is 0.123 e. The van der Waals surface area contributed by atoms with Crippen molar-refractivity contribution in [2.75, 3.05) is 0 Å². The Bertz CT molecular complexity index is 53.0. The summed E-state index contributed by atoms with van der Waals surface area (Å²) in [4.78, 5) is 0. The Morgan fingerprint density at radius 1 is 0.889 bits per heavy atom. The van der Waals surface area contributed by atoms with Gasteiger partial charge in [-0.1, -0.05) is 32.1 Å². The molecular formula is C6H13AlI2. The molecule has 0 atom stereocenters. The van der Waals surface area contributed by atoms with Gasteiger partial charge in [0.05, 0.1) is 0 Å². The van der Waals surface area contributed by atoms with Crippen LogP contribution in [0.5, 0.6) is 0 Å². The van der Waals surface area contributed by atoms with Gasteiger partial charge in [0.25, 0.3) is 0 Å². The molecule has 2 radical (unpaired) electrons. The maximum absolute atomic E-state index is 2.91. The number of rotatable bonds is 0. The lowest BCUT2D eigenvalue weighted by molar-refractivity contribution is 0.504. The predicted molar refractivity (Wildman–Crippen MR) is 63.4 cm³/mol. The third kappa shape index (κ3) is 6.39. The Hall–Kier alpha value is 1.99. The topological polar surface area (TPSA) is 0 Å². The van der Waals surface area contributed by atoms with Gasteiger partial charge in [0.1, 0.15) is 16.3 Å². The van der Waals surface area contributed by atoms with Gasteiger partial charge in [0, 0.05) is 0 Å². The van der Waals surface area contributed by atoms with Crippen LogP contribution in [0.4, 0.5) is 0 Å². The van der Waals surface area contributed by atoms with Gasteiger partial charge in [-0.15, -0.1) is 52.7 Å². The van der Waals surface area contributed by atoms with Crippen LogP contribution in [0.1, 0.15) is 32.1 Å². The van der Waals surface area contributed by atoms with E-state index in [4.69, 9.17) is 0 Å². The maximum atomic E-state index is 2.91. The molecule has 1 saturated carbocycles. The molecule has 0 aromatic carbocycles. The van der Waals surface area contributed by atoms with Gasteiger partial charge in [0.2, 0.25) is 0 Å². The predicted octanol–water partition coefficient (Wildman–Crippen LogP) is 3.14. The second kappa shape index (κ2) is 8.09. The fourth-order valence-electron chi connectivity index (χ4n) is 1.13. The van der Waals surface area contributed by atoms with E-state index in [-0.39, 0.29) is 48.0 Å². The molecule has 0 aromatic heterocycles. The van der Waals surface area contributed by atoms with Crippen molar-refractivity contribution in [1.29, 1.82) is 0 Å². The Balaban J connectivity index is 0. The minimum atomic E-state index is 0. The van der Waals surface area contributed by atoms with E-state index in [1.807, 2.05) is 0 Å². The molecule has 0 spiro atoms. The van der Waals surface area contributed by atoms with Crippen LogP contribution in [0.2, 0.25) is 4.78 Å². The second-order valence-electron chi connectivity index (χ2n) is 2.40. The lowest BCUT2D eigenvalue weighted by atomic mass is 10.0. The van der Waals surface area contributed by atoms with Crippen molar-refractivity contribution in [3.05, 3.63) is 0 Å². The molecule has 1 aliphatic rings. The largest absolute Gasteiger partial charge is 0.123 e. The summed E-state index contributed by atoms with van der Waals surface area (Å²) in [7, 11) is 0. The van der Waals surface area contributed by atoms with Crippen LogP contribution in [0, 0.1) is 0 Å². The highest BCUT2D eigenvalue weighted by molar-refractivity contribution is 14.0. The van der Waals surface area contributed by atoms with E-state index in [0.29, 0.717) is 0 Å². The van der Waals surface area contributed by atoms with E-state index < -0.39 is 0 Å². The minimum absolute atomic E-state index is 0. The lowest BCUT2D eigenvalue weighted by Gasteiger charge is -2.16. The summed E-state index contributed by atoms with van der Waals surface area (Å²) >= 11 is 2.91. The highest BCUT2D eigenvalue weighted by Crippen LogP contribution is 2.24. The van der Waals surface area contributed by atoms with Crippen molar-refractivity contribution < 1.29 is 0 Å². The Labute approximate surface area is 100 Å². The van der Waals surface area contributed by atoms with Crippen molar-refractivity contribution in [3.8, 4) is 0 Å². The van der Waals surface area contributed by atoms with Crippen molar-refractivity contribution in [3.63, 3.8) is 0 Å². The number of halogens is 2. The van der Waals surface area contributed by atoms with Gasteiger partial charge in [-0.25, -0.2) is 0 Å². The van der Waals surface area contributed by atoms with Crippen molar-refractivity contribution in [2.24, 2.45) is 0 Å². The molecule has 54 valence electrons. The molecule has 0 aromatic rings. The van der Waals surface area contributed by atoms with E-state index in [0.717, 1.165) is 4.78 Å². The van der Waals surface area contributed by atoms with Gasteiger partial charge < -0.3 is 0 Å². The summed E-state index contributed by atoms with van der Waals surface area (Å²) in [6.45, 7) is 0. The molecule has 9 heavy (non-hydrogen) atoms. The molecule has 0 bridgehead atoms. The fourth-order valence-corrected chi connectivity index (χ4v) is 1.61. The molecule has 1 fully saturated rings. The molecule has 3 heteroatoms. The quantitative estimate of drug-likeness (QED) is 0.457. The zero-order valence-corrected chi connectivity index (χ0v) is 11.3. The standard InChI is InChI=1S/C6H11.Al.2HI/c1-2-4-6-5-3-1;;;/h1H,2-6H2;;2*1H. The van der Waals surface area contributed by atoms with Gasteiger partial charge in [-0.2, -0.15) is 0 Å². The van der Waals surface area contributed by atoms with Crippen LogP contribution in [0.3, 0.4) is 0 Å². The van der Waals surface area contributed by atoms with E-state index >= 15 is 0 Å². The highest BCUT2D eigenvalue weighted by atomic mass is 127. The van der Waals surface area contributed by atoms with Gasteiger partial charge in [-0.05, 0) is 0 Å². The first-order valence-electron chi connectivity index (χ1n) is 3.15. The van der Waals surface area contributed by atoms with E-state index in [2.05, 4.69) is 16.3 Å². The number of hydrogen-bond donors (Lipinski definition) is 0. The van der Waals surface area contributed by atoms with Crippen LogP contribution >= 0.6 is 48.0 Å². The third-order valence-corrected chi connectivity index (χ3v) is 2.32. The van der Waals surface area contributed by atoms with E-state index in [9.17, 15) is 0 Å². The summed E-state index contributed by atoms with van der Waals surface area (Å²) in [5.41, 5.74) is 0. The summed E-state index contributed by atoms with van der Waals surface area (Å²) in [5, 5.41) is 0. The first-order chi connectivity index (χ1) is 3.39. The molecular weight excluding hydrogens is 353 g/mol. The molecule has 1 rings (SSSR count). The number of hydrogen-bond acceptors (Lipinski definition) is 0. The molecule has 0 unspecified atom stereocenters. The normalized spacial score (nSPS) is 19.6. The molecule has 0 heterocycles. The molecule has 0 N–H and O–H groups in total. The minimum Gasteiger partial charge on any atom is -0.107 e. The first kappa shape index (κ1) is 13.6. The van der Waals surface area contributed by atoms with Gasteiger partial charge >= 0.3 is 0 Å². The van der Waals surface area contributed by atoms with Crippen molar-refractivity contribution in [1.82, 2.24) is 0 Å². The van der Waals surface area contributed by atoms with Gasteiger partial charge in [-0.3, -0.25) is 0 Å². The summed E-state index contributed by atoms with van der Waals surface area (Å²) in [5.74, 6) is 0. The van der Waals surface area contributed by atoms with Crippen LogP contribution in [0.15, 0.2) is 0 Å². The Morgan fingerprint density at radius 3 is 1.56 bits per heavy atom. The fraction of sp³-hybridized carbons (Fsp3) is 1.00. The second-order valence-corrected chi connectivity index (χ2v) is 3.34. The molecule has 0 saturated heterocycles. The zero-order valence-electron chi connectivity index (χ0n) is 5.51. The summed E-state index contributed by atoms with van der Waals surface area (Å²) in [6.07, 6.45) is 7.31. The Morgan fingerprint density at radius 2 is 1.33 bits per heavy atom. The van der Waals surface area contributed by atoms with Crippen molar-refractivity contribution >= 4 is 64.2 Å². The SMILES string of the molecule is I.I.[Al][CH]1CCCCC1. The van der Waals surface area contributed by atoms with Crippen LogP contribution < -0.4 is 0 Å². The summed E-state index contributed by atoms with van der Waals surface area (Å²) < 4.78 is 0.953. The van der Waals surface area contributed by atoms with Gasteiger partial charge in [0.15, 0.2) is 0 Å². The molecule has 0 nitrogen and oxygen atoms in total. The monoisotopic (exact) mass is 366 g/mol. The molecule has 1 aliphatic carbocycles. The summed E-state index contributed by atoms with van der Waals surface area (Å²) in [6, 6.07) is 0. The highest BCUT2D eigenvalue weighted by Gasteiger charge is 2.05. The van der Waals surface area contributed by atoms with Crippen LogP contribution in [0.25, 0.3) is 0 Å². The van der Waals surface area contributed by atoms with E-state index in [1.54, 1.807) is 0 Å². The van der Waals surface area contributed by atoms with Crippen molar-refractivity contribution in [2.45, 2.75) is 36.9 Å². The molecule has 0 amide bonds. The first-order valence-corrected chi connectivity index (χ1v) is 3.82. The van der Waals surface area contributed by atoms with Crippen LogP contribution in [-0.4, -0.2) is 16.3 Å². The lowest BCUT2D eigenvalue weighted by Crippen LogP contribution is -1.98. The van der Waals surface area contributed by atoms with Crippen LogP contribution in [-0.2, 0) is 0 Å². The third-order valence-electron chi connectivity index (χ3n) is 1.65. The average Bonchev–Trinajstić information content (AvgIpc) is 1.69. The molecule has 0 aliphatic heterocycles. The average molecular weight is 366 g/mol. The zero-order chi connectivity index (χ0) is 5.11.